The number of carbonyl (C=O) groups is 1. The molecule has 2 aromatic rings. The summed E-state index contributed by atoms with van der Waals surface area (Å²) < 4.78 is 43.5. The Morgan fingerprint density at radius 2 is 2.10 bits per heavy atom. The molecule has 0 radical (unpaired) electrons. The molecule has 0 amide bonds. The number of carbonyl (C=O) groups excluding carboxylic acids is 1. The fourth-order valence-electron chi connectivity index (χ4n) is 1.61. The number of furan rings is 1. The fraction of sp³-hybridized carbons (Fsp3) is 0.214. The fourth-order valence-corrected chi connectivity index (χ4v) is 1.61. The number of halogens is 2. The van der Waals surface area contributed by atoms with Crippen LogP contribution in [0.2, 0.25) is 0 Å². The van der Waals surface area contributed by atoms with E-state index in [0.717, 1.165) is 0 Å². The highest BCUT2D eigenvalue weighted by atomic mass is 19.3. The normalized spacial score (nSPS) is 10.5. The number of methoxy groups -OCH3 is 1. The largest absolute Gasteiger partial charge is 0.493 e. The van der Waals surface area contributed by atoms with Gasteiger partial charge in [0.25, 0.3) is 0 Å². The van der Waals surface area contributed by atoms with Gasteiger partial charge in [0, 0.05) is 0 Å². The van der Waals surface area contributed by atoms with Crippen LogP contribution in [0.1, 0.15) is 15.9 Å². The van der Waals surface area contributed by atoms with Crippen LogP contribution in [0.3, 0.4) is 0 Å². The lowest BCUT2D eigenvalue weighted by Gasteiger charge is -2.11. The van der Waals surface area contributed by atoms with Gasteiger partial charge in [0.05, 0.1) is 18.9 Å². The van der Waals surface area contributed by atoms with Gasteiger partial charge in [-0.1, -0.05) is 6.07 Å². The molecule has 0 saturated carbocycles. The predicted octanol–water partition coefficient (Wildman–Crippen LogP) is 3.25. The maximum Gasteiger partial charge on any atom is 0.387 e. The van der Waals surface area contributed by atoms with Crippen molar-refractivity contribution in [3.63, 3.8) is 0 Å². The topological polar surface area (TPSA) is 57.9 Å². The van der Waals surface area contributed by atoms with Gasteiger partial charge < -0.3 is 18.6 Å². The average Bonchev–Trinajstić information content (AvgIpc) is 2.99. The van der Waals surface area contributed by atoms with E-state index in [2.05, 4.69) is 4.74 Å². The Kier molecular flexibility index (Phi) is 4.76. The molecule has 0 bridgehead atoms. The first kappa shape index (κ1) is 14.8. The third kappa shape index (κ3) is 3.95. The predicted molar refractivity (Wildman–Crippen MR) is 67.5 cm³/mol. The second-order valence-corrected chi connectivity index (χ2v) is 3.95. The summed E-state index contributed by atoms with van der Waals surface area (Å²) in [5.74, 6) is -0.500. The van der Waals surface area contributed by atoms with E-state index in [1.165, 1.54) is 43.9 Å². The van der Waals surface area contributed by atoms with E-state index in [4.69, 9.17) is 13.9 Å². The van der Waals surface area contributed by atoms with Crippen molar-refractivity contribution in [3.05, 3.63) is 47.9 Å². The smallest absolute Gasteiger partial charge is 0.387 e. The van der Waals surface area contributed by atoms with E-state index in [1.54, 1.807) is 0 Å². The molecule has 7 heteroatoms. The highest BCUT2D eigenvalue weighted by Gasteiger charge is 2.13. The molecule has 1 heterocycles. The van der Waals surface area contributed by atoms with E-state index in [1.807, 2.05) is 0 Å². The van der Waals surface area contributed by atoms with Crippen molar-refractivity contribution in [2.75, 3.05) is 7.11 Å². The van der Waals surface area contributed by atoms with E-state index in [0.29, 0.717) is 11.1 Å². The number of benzene rings is 1. The summed E-state index contributed by atoms with van der Waals surface area (Å²) in [6.07, 6.45) is 2.62. The molecule has 0 aliphatic heterocycles. The zero-order chi connectivity index (χ0) is 15.2. The Balaban J connectivity index is 2.02. The molecule has 0 fully saturated rings. The van der Waals surface area contributed by atoms with Gasteiger partial charge in [-0.3, -0.25) is 0 Å². The minimum absolute atomic E-state index is 0.0324. The molecule has 0 saturated heterocycles. The van der Waals surface area contributed by atoms with E-state index < -0.39 is 12.6 Å². The molecule has 5 nitrogen and oxygen atoms in total. The van der Waals surface area contributed by atoms with Crippen molar-refractivity contribution in [1.29, 1.82) is 0 Å². The molecule has 0 spiro atoms. The molecule has 1 aromatic carbocycles. The molecular formula is C14H12F2O5. The molecule has 1 aromatic heterocycles. The first-order valence-electron chi connectivity index (χ1n) is 5.91. The van der Waals surface area contributed by atoms with Crippen LogP contribution in [0, 0.1) is 0 Å². The Bertz CT molecular complexity index is 595. The monoisotopic (exact) mass is 298 g/mol. The minimum atomic E-state index is -2.94. The Morgan fingerprint density at radius 1 is 1.29 bits per heavy atom. The number of hydrogen-bond acceptors (Lipinski definition) is 5. The second-order valence-electron chi connectivity index (χ2n) is 3.95. The van der Waals surface area contributed by atoms with Crippen molar-refractivity contribution >= 4 is 5.97 Å². The first-order chi connectivity index (χ1) is 10.1. The Labute approximate surface area is 119 Å². The Hall–Kier alpha value is -2.57. The van der Waals surface area contributed by atoms with Gasteiger partial charge in [-0.05, 0) is 23.8 Å². The van der Waals surface area contributed by atoms with E-state index in [9.17, 15) is 13.6 Å². The molecule has 0 aliphatic rings. The molecule has 112 valence electrons. The summed E-state index contributed by atoms with van der Waals surface area (Å²) in [5.41, 5.74) is 0.866. The SMILES string of the molecule is COc1cc(COC(=O)c2ccoc2)ccc1OC(F)F. The maximum atomic E-state index is 12.2. The highest BCUT2D eigenvalue weighted by Crippen LogP contribution is 2.29. The summed E-state index contributed by atoms with van der Waals surface area (Å²) in [5, 5.41) is 0. The molecule has 21 heavy (non-hydrogen) atoms. The van der Waals surface area contributed by atoms with Gasteiger partial charge >= 0.3 is 12.6 Å². The first-order valence-corrected chi connectivity index (χ1v) is 5.91. The van der Waals surface area contributed by atoms with Crippen LogP contribution >= 0.6 is 0 Å². The van der Waals surface area contributed by atoms with Gasteiger partial charge in [-0.25, -0.2) is 4.79 Å². The zero-order valence-corrected chi connectivity index (χ0v) is 11.0. The van der Waals surface area contributed by atoms with Crippen LogP contribution in [0.25, 0.3) is 0 Å². The van der Waals surface area contributed by atoms with Gasteiger partial charge in [0.2, 0.25) is 0 Å². The molecule has 0 N–H and O–H groups in total. The maximum absolute atomic E-state index is 12.2. The van der Waals surface area contributed by atoms with Crippen LogP contribution in [-0.2, 0) is 11.3 Å². The van der Waals surface area contributed by atoms with Crippen molar-refractivity contribution in [2.45, 2.75) is 13.2 Å². The summed E-state index contributed by atoms with van der Waals surface area (Å²) >= 11 is 0. The van der Waals surface area contributed by atoms with Crippen LogP contribution < -0.4 is 9.47 Å². The van der Waals surface area contributed by atoms with Gasteiger partial charge in [-0.15, -0.1) is 0 Å². The van der Waals surface area contributed by atoms with Crippen LogP contribution in [0.4, 0.5) is 8.78 Å². The van der Waals surface area contributed by atoms with Gasteiger partial charge in [-0.2, -0.15) is 8.78 Å². The van der Waals surface area contributed by atoms with Crippen LogP contribution in [-0.4, -0.2) is 19.7 Å². The lowest BCUT2D eigenvalue weighted by molar-refractivity contribution is -0.0512. The van der Waals surface area contributed by atoms with Crippen molar-refractivity contribution < 1.29 is 32.2 Å². The number of hydrogen-bond donors (Lipinski definition) is 0. The minimum Gasteiger partial charge on any atom is -0.493 e. The lowest BCUT2D eigenvalue weighted by atomic mass is 10.2. The van der Waals surface area contributed by atoms with E-state index in [-0.39, 0.29) is 18.1 Å². The summed E-state index contributed by atoms with van der Waals surface area (Å²) in [7, 11) is 1.33. The number of esters is 1. The molecular weight excluding hydrogens is 286 g/mol. The quantitative estimate of drug-likeness (QED) is 0.766. The van der Waals surface area contributed by atoms with Crippen molar-refractivity contribution in [2.24, 2.45) is 0 Å². The third-order valence-electron chi connectivity index (χ3n) is 2.57. The molecule has 0 unspecified atom stereocenters. The van der Waals surface area contributed by atoms with E-state index >= 15 is 0 Å². The van der Waals surface area contributed by atoms with Crippen molar-refractivity contribution in [1.82, 2.24) is 0 Å². The number of alkyl halides is 2. The highest BCUT2D eigenvalue weighted by molar-refractivity contribution is 5.88. The number of rotatable bonds is 6. The van der Waals surface area contributed by atoms with Crippen molar-refractivity contribution in [3.8, 4) is 11.5 Å². The third-order valence-corrected chi connectivity index (χ3v) is 2.57. The average molecular weight is 298 g/mol. The lowest BCUT2D eigenvalue weighted by Crippen LogP contribution is -2.06. The summed E-state index contributed by atoms with van der Waals surface area (Å²) in [4.78, 5) is 11.6. The molecule has 2 rings (SSSR count). The summed E-state index contributed by atoms with van der Waals surface area (Å²) in [6.45, 7) is -2.97. The van der Waals surface area contributed by atoms with Crippen LogP contribution in [0.15, 0.2) is 41.2 Å². The number of ether oxygens (including phenoxy) is 3. The zero-order valence-electron chi connectivity index (χ0n) is 11.0. The molecule has 0 atom stereocenters. The van der Waals surface area contributed by atoms with Gasteiger partial charge in [0.15, 0.2) is 11.5 Å². The van der Waals surface area contributed by atoms with Gasteiger partial charge in [0.1, 0.15) is 12.9 Å². The Morgan fingerprint density at radius 3 is 2.71 bits per heavy atom. The standard InChI is InChI=1S/C14H12F2O5/c1-18-12-6-9(2-3-11(12)21-14(15)16)7-20-13(17)10-4-5-19-8-10/h2-6,8,14H,7H2,1H3. The molecule has 0 aliphatic carbocycles. The second kappa shape index (κ2) is 6.74. The van der Waals surface area contributed by atoms with Crippen LogP contribution in [0.5, 0.6) is 11.5 Å². The summed E-state index contributed by atoms with van der Waals surface area (Å²) in [6, 6.07) is 5.76.